The molecule has 0 heterocycles. The molecule has 0 saturated carbocycles. The van der Waals surface area contributed by atoms with Crippen molar-refractivity contribution in [3.8, 4) is 22.3 Å². The SMILES string of the molecule is O=C=Nc1ccc(F)cc1-c1ccccc1Sc1ccccc1-c1cc(F)ccc1N=C=O. The first-order valence-corrected chi connectivity index (χ1v) is 10.5. The Morgan fingerprint density at radius 3 is 1.42 bits per heavy atom. The maximum absolute atomic E-state index is 14.0. The molecule has 0 aliphatic carbocycles. The number of hydrogen-bond donors (Lipinski definition) is 0. The summed E-state index contributed by atoms with van der Waals surface area (Å²) in [7, 11) is 0. The van der Waals surface area contributed by atoms with E-state index in [-0.39, 0.29) is 0 Å². The number of isocyanates is 2. The van der Waals surface area contributed by atoms with Crippen molar-refractivity contribution in [1.29, 1.82) is 0 Å². The molecule has 4 nitrogen and oxygen atoms in total. The van der Waals surface area contributed by atoms with E-state index in [9.17, 15) is 18.4 Å². The van der Waals surface area contributed by atoms with E-state index < -0.39 is 11.6 Å². The van der Waals surface area contributed by atoms with Crippen LogP contribution in [-0.4, -0.2) is 12.2 Å². The van der Waals surface area contributed by atoms with E-state index >= 15 is 0 Å². The van der Waals surface area contributed by atoms with Gasteiger partial charge < -0.3 is 0 Å². The van der Waals surface area contributed by atoms with Crippen molar-refractivity contribution >= 4 is 35.3 Å². The molecule has 0 aromatic heterocycles. The molecule has 0 spiro atoms. The zero-order valence-corrected chi connectivity index (χ0v) is 17.8. The fraction of sp³-hybridized carbons (Fsp3) is 0. The van der Waals surface area contributed by atoms with Crippen LogP contribution in [0.4, 0.5) is 20.2 Å². The molecular formula is C26H14F2N2O2S. The van der Waals surface area contributed by atoms with E-state index in [1.807, 2.05) is 24.3 Å². The van der Waals surface area contributed by atoms with Gasteiger partial charge in [-0.05, 0) is 59.7 Å². The highest BCUT2D eigenvalue weighted by Crippen LogP contribution is 2.44. The van der Waals surface area contributed by atoms with E-state index in [0.29, 0.717) is 33.6 Å². The van der Waals surface area contributed by atoms with Crippen molar-refractivity contribution in [2.75, 3.05) is 0 Å². The van der Waals surface area contributed by atoms with Gasteiger partial charge in [-0.15, -0.1) is 0 Å². The lowest BCUT2D eigenvalue weighted by Gasteiger charge is -2.14. The van der Waals surface area contributed by atoms with Crippen LogP contribution in [0, 0.1) is 11.6 Å². The van der Waals surface area contributed by atoms with Crippen LogP contribution in [0.15, 0.2) is 105 Å². The normalized spacial score (nSPS) is 10.2. The van der Waals surface area contributed by atoms with Gasteiger partial charge in [0.15, 0.2) is 0 Å². The first kappa shape index (κ1) is 22.1. The van der Waals surface area contributed by atoms with Gasteiger partial charge in [0.2, 0.25) is 12.2 Å². The molecule has 0 N–H and O–H groups in total. The van der Waals surface area contributed by atoms with Crippen LogP contribution < -0.4 is 0 Å². The summed E-state index contributed by atoms with van der Waals surface area (Å²) in [6.45, 7) is 0. The second-order valence-electron chi connectivity index (χ2n) is 6.82. The molecule has 4 aromatic rings. The molecule has 0 atom stereocenters. The number of aliphatic imine (C=N–C) groups is 2. The van der Waals surface area contributed by atoms with Gasteiger partial charge in [-0.1, -0.05) is 48.2 Å². The number of carbonyl (C=O) groups excluding carboxylic acids is 2. The van der Waals surface area contributed by atoms with E-state index in [0.717, 1.165) is 9.79 Å². The van der Waals surface area contributed by atoms with Gasteiger partial charge in [-0.3, -0.25) is 0 Å². The first-order valence-electron chi connectivity index (χ1n) is 9.72. The van der Waals surface area contributed by atoms with Crippen LogP contribution in [0.25, 0.3) is 22.3 Å². The average Bonchev–Trinajstić information content (AvgIpc) is 2.82. The minimum absolute atomic E-state index is 0.292. The first-order chi connectivity index (χ1) is 16.1. The summed E-state index contributed by atoms with van der Waals surface area (Å²) in [5.74, 6) is -0.933. The fourth-order valence-electron chi connectivity index (χ4n) is 3.42. The van der Waals surface area contributed by atoms with E-state index in [1.54, 1.807) is 24.3 Å². The molecule has 0 unspecified atom stereocenters. The van der Waals surface area contributed by atoms with E-state index in [4.69, 9.17) is 0 Å². The Labute approximate surface area is 192 Å². The Morgan fingerprint density at radius 2 is 1.00 bits per heavy atom. The lowest BCUT2D eigenvalue weighted by molar-refractivity contribution is 0.564. The van der Waals surface area contributed by atoms with Crippen LogP contribution in [0.3, 0.4) is 0 Å². The Hall–Kier alpha value is -4.15. The van der Waals surface area contributed by atoms with E-state index in [1.165, 1.54) is 60.3 Å². The van der Waals surface area contributed by atoms with Gasteiger partial charge in [0.25, 0.3) is 0 Å². The van der Waals surface area contributed by atoms with Crippen LogP contribution in [-0.2, 0) is 9.59 Å². The molecule has 0 saturated heterocycles. The maximum atomic E-state index is 14.0. The smallest absolute Gasteiger partial charge is 0.211 e. The lowest BCUT2D eigenvalue weighted by atomic mass is 10.0. The van der Waals surface area contributed by atoms with Gasteiger partial charge in [-0.25, -0.2) is 18.4 Å². The molecule has 0 amide bonds. The highest BCUT2D eigenvalue weighted by atomic mass is 32.2. The van der Waals surface area contributed by atoms with Crippen LogP contribution >= 0.6 is 11.8 Å². The van der Waals surface area contributed by atoms with Crippen molar-refractivity contribution in [2.45, 2.75) is 9.79 Å². The summed E-state index contributed by atoms with van der Waals surface area (Å²) in [5.41, 5.74) is 2.79. The fourth-order valence-corrected chi connectivity index (χ4v) is 4.52. The molecule has 0 fully saturated rings. The van der Waals surface area contributed by atoms with Crippen molar-refractivity contribution in [3.05, 3.63) is 96.6 Å². The van der Waals surface area contributed by atoms with Gasteiger partial charge in [0, 0.05) is 20.9 Å². The number of halogens is 2. The summed E-state index contributed by atoms with van der Waals surface area (Å²) in [4.78, 5) is 30.7. The van der Waals surface area contributed by atoms with E-state index in [2.05, 4.69) is 9.98 Å². The molecule has 4 rings (SSSR count). The molecule has 7 heteroatoms. The molecular weight excluding hydrogens is 442 g/mol. The second-order valence-corrected chi connectivity index (χ2v) is 7.91. The summed E-state index contributed by atoms with van der Waals surface area (Å²) >= 11 is 1.37. The molecule has 0 bridgehead atoms. The highest BCUT2D eigenvalue weighted by molar-refractivity contribution is 7.99. The molecule has 0 aliphatic heterocycles. The summed E-state index contributed by atoms with van der Waals surface area (Å²) < 4.78 is 28.1. The Morgan fingerprint density at radius 1 is 0.576 bits per heavy atom. The largest absolute Gasteiger partial charge is 0.240 e. The number of benzene rings is 4. The molecule has 160 valence electrons. The Bertz CT molecular complexity index is 1330. The van der Waals surface area contributed by atoms with Crippen LogP contribution in [0.2, 0.25) is 0 Å². The third-order valence-electron chi connectivity index (χ3n) is 4.82. The zero-order valence-electron chi connectivity index (χ0n) is 17.0. The Balaban J connectivity index is 1.86. The number of nitrogens with zero attached hydrogens (tertiary/aromatic N) is 2. The van der Waals surface area contributed by atoms with Crippen LogP contribution in [0.5, 0.6) is 0 Å². The topological polar surface area (TPSA) is 58.9 Å². The van der Waals surface area contributed by atoms with Gasteiger partial charge in [-0.2, -0.15) is 9.98 Å². The van der Waals surface area contributed by atoms with Gasteiger partial charge in [0.1, 0.15) is 11.6 Å². The van der Waals surface area contributed by atoms with Crippen molar-refractivity contribution in [2.24, 2.45) is 9.98 Å². The highest BCUT2D eigenvalue weighted by Gasteiger charge is 2.15. The third-order valence-corrected chi connectivity index (χ3v) is 5.98. The number of hydrogen-bond acceptors (Lipinski definition) is 5. The predicted octanol–water partition coefficient (Wildman–Crippen LogP) is 7.38. The minimum Gasteiger partial charge on any atom is -0.211 e. The second kappa shape index (κ2) is 9.98. The summed E-state index contributed by atoms with van der Waals surface area (Å²) in [5, 5.41) is 0. The monoisotopic (exact) mass is 456 g/mol. The summed E-state index contributed by atoms with van der Waals surface area (Å²) in [6, 6.07) is 22.5. The molecule has 0 aliphatic rings. The van der Waals surface area contributed by atoms with Gasteiger partial charge >= 0.3 is 0 Å². The number of rotatable bonds is 6. The molecule has 0 radical (unpaired) electrons. The average molecular weight is 456 g/mol. The minimum atomic E-state index is -0.467. The lowest BCUT2D eigenvalue weighted by Crippen LogP contribution is -1.88. The van der Waals surface area contributed by atoms with Gasteiger partial charge in [0.05, 0.1) is 11.4 Å². The predicted molar refractivity (Wildman–Crippen MR) is 123 cm³/mol. The standard InChI is InChI=1S/C26H14F2N2O2S/c27-17-9-11-23(29-15-31)21(13-17)19-5-1-3-7-25(19)33-26-8-4-2-6-20(26)22-14-18(28)10-12-24(22)30-16-32/h1-14H. The third kappa shape index (κ3) is 4.86. The van der Waals surface area contributed by atoms with Crippen molar-refractivity contribution < 1.29 is 18.4 Å². The van der Waals surface area contributed by atoms with Crippen molar-refractivity contribution in [1.82, 2.24) is 0 Å². The maximum Gasteiger partial charge on any atom is 0.240 e. The van der Waals surface area contributed by atoms with Crippen LogP contribution in [0.1, 0.15) is 0 Å². The Kier molecular flexibility index (Phi) is 6.67. The van der Waals surface area contributed by atoms with Crippen molar-refractivity contribution in [3.63, 3.8) is 0 Å². The summed E-state index contributed by atoms with van der Waals surface area (Å²) in [6.07, 6.45) is 3.01. The molecule has 33 heavy (non-hydrogen) atoms. The quantitative estimate of drug-likeness (QED) is 0.225. The zero-order chi connectivity index (χ0) is 23.2. The molecule has 4 aromatic carbocycles.